The van der Waals surface area contributed by atoms with Gasteiger partial charge in [0.1, 0.15) is 5.82 Å². The quantitative estimate of drug-likeness (QED) is 0.333. The van der Waals surface area contributed by atoms with E-state index in [0.717, 1.165) is 39.1 Å². The summed E-state index contributed by atoms with van der Waals surface area (Å²) in [5, 5.41) is 8.52. The van der Waals surface area contributed by atoms with Crippen LogP contribution in [-0.2, 0) is 17.8 Å². The van der Waals surface area contributed by atoms with Gasteiger partial charge in [-0.05, 0) is 53.4 Å². The molecule has 33 heavy (non-hydrogen) atoms. The van der Waals surface area contributed by atoms with Crippen molar-refractivity contribution in [1.82, 2.24) is 10.3 Å². The van der Waals surface area contributed by atoms with Gasteiger partial charge < -0.3 is 16.4 Å². The molecule has 1 atom stereocenters. The molecule has 4 rings (SSSR count). The number of anilines is 2. The first-order valence-electron chi connectivity index (χ1n) is 10.4. The molecule has 0 unspecified atom stereocenters. The lowest BCUT2D eigenvalue weighted by molar-refractivity contribution is -0.122. The van der Waals surface area contributed by atoms with E-state index < -0.39 is 6.04 Å². The zero-order valence-corrected chi connectivity index (χ0v) is 20.0. The molecular formula is C26H28Cl2N4O. The molecule has 7 heteroatoms. The number of nitrogens with zero attached hydrogens (tertiary/aromatic N) is 1. The average molecular weight is 483 g/mol. The minimum atomic E-state index is -0.613. The summed E-state index contributed by atoms with van der Waals surface area (Å²) in [4.78, 5) is 17.2. The minimum absolute atomic E-state index is 0. The molecule has 4 N–H and O–H groups in total. The van der Waals surface area contributed by atoms with Crippen molar-refractivity contribution in [3.8, 4) is 0 Å². The van der Waals surface area contributed by atoms with Crippen LogP contribution in [0.2, 0.25) is 0 Å². The van der Waals surface area contributed by atoms with E-state index in [2.05, 4.69) is 33.8 Å². The molecule has 172 valence electrons. The van der Waals surface area contributed by atoms with Gasteiger partial charge >= 0.3 is 0 Å². The number of nitrogens with one attached hydrogen (secondary N) is 2. The topological polar surface area (TPSA) is 80.0 Å². The van der Waals surface area contributed by atoms with E-state index in [9.17, 15) is 4.79 Å². The largest absolute Gasteiger partial charge is 0.351 e. The van der Waals surface area contributed by atoms with E-state index in [4.69, 9.17) is 5.73 Å². The highest BCUT2D eigenvalue weighted by atomic mass is 35.5. The highest BCUT2D eigenvalue weighted by Crippen LogP contribution is 2.20. The number of carbonyl (C=O) groups excluding carboxylic acids is 1. The second kappa shape index (κ2) is 12.2. The maximum atomic E-state index is 12.6. The average Bonchev–Trinajstić information content (AvgIpc) is 2.79. The zero-order valence-electron chi connectivity index (χ0n) is 18.3. The van der Waals surface area contributed by atoms with Gasteiger partial charge in [-0.1, -0.05) is 66.7 Å². The van der Waals surface area contributed by atoms with Gasteiger partial charge in [-0.25, -0.2) is 4.98 Å². The smallest absolute Gasteiger partial charge is 0.237 e. The van der Waals surface area contributed by atoms with Crippen molar-refractivity contribution in [3.63, 3.8) is 0 Å². The zero-order chi connectivity index (χ0) is 21.6. The molecule has 0 aliphatic rings. The first-order chi connectivity index (χ1) is 15.1. The number of nitrogens with two attached hydrogens (primary N) is 1. The number of benzene rings is 3. The van der Waals surface area contributed by atoms with Crippen LogP contribution in [0.3, 0.4) is 0 Å². The van der Waals surface area contributed by atoms with E-state index in [0.29, 0.717) is 13.0 Å². The lowest BCUT2D eigenvalue weighted by atomic mass is 9.99. The Kier molecular flexibility index (Phi) is 9.67. The number of rotatable bonds is 7. The summed E-state index contributed by atoms with van der Waals surface area (Å²) in [5.74, 6) is 0.602. The molecule has 5 nitrogen and oxygen atoms in total. The summed E-state index contributed by atoms with van der Waals surface area (Å²) in [6.07, 6.45) is 0.490. The van der Waals surface area contributed by atoms with Crippen molar-refractivity contribution >= 4 is 53.0 Å². The van der Waals surface area contributed by atoms with E-state index >= 15 is 0 Å². The van der Waals surface area contributed by atoms with E-state index in [1.807, 2.05) is 73.7 Å². The summed E-state index contributed by atoms with van der Waals surface area (Å²) in [7, 11) is 0. The van der Waals surface area contributed by atoms with Gasteiger partial charge in [0.2, 0.25) is 5.91 Å². The Hall–Kier alpha value is -3.12. The Balaban J connectivity index is 0.00000193. The lowest BCUT2D eigenvalue weighted by Gasteiger charge is -2.15. The first kappa shape index (κ1) is 26.1. The molecule has 0 spiro atoms. The van der Waals surface area contributed by atoms with Crippen molar-refractivity contribution < 1.29 is 4.79 Å². The Labute approximate surface area is 206 Å². The second-order valence-electron chi connectivity index (χ2n) is 7.60. The molecule has 0 aliphatic carbocycles. The number of aryl methyl sites for hydroxylation is 1. The van der Waals surface area contributed by atoms with Crippen molar-refractivity contribution in [2.75, 3.05) is 5.32 Å². The predicted molar refractivity (Wildman–Crippen MR) is 141 cm³/mol. The molecule has 0 fully saturated rings. The van der Waals surface area contributed by atoms with Gasteiger partial charge in [-0.3, -0.25) is 4.79 Å². The number of aromatic nitrogens is 1. The van der Waals surface area contributed by atoms with Crippen LogP contribution in [0, 0.1) is 6.92 Å². The van der Waals surface area contributed by atoms with Gasteiger partial charge in [0, 0.05) is 17.9 Å². The van der Waals surface area contributed by atoms with Crippen LogP contribution in [0.1, 0.15) is 16.8 Å². The Morgan fingerprint density at radius 2 is 1.58 bits per heavy atom. The molecule has 0 saturated heterocycles. The van der Waals surface area contributed by atoms with Crippen molar-refractivity contribution in [2.45, 2.75) is 25.9 Å². The third-order valence-electron chi connectivity index (χ3n) is 5.35. The van der Waals surface area contributed by atoms with Crippen LogP contribution < -0.4 is 16.4 Å². The van der Waals surface area contributed by atoms with Crippen LogP contribution >= 0.6 is 24.8 Å². The number of amides is 1. The lowest BCUT2D eigenvalue weighted by Crippen LogP contribution is -2.41. The fourth-order valence-electron chi connectivity index (χ4n) is 3.63. The summed E-state index contributed by atoms with van der Waals surface area (Å²) in [6, 6.07) is 27.4. The minimum Gasteiger partial charge on any atom is -0.351 e. The summed E-state index contributed by atoms with van der Waals surface area (Å²) < 4.78 is 0. The highest BCUT2D eigenvalue weighted by molar-refractivity contribution is 5.87. The SMILES string of the molecule is Cc1nc(Nc2ccccc2)ccc1CNC(=O)[C@@H](N)Cc1cccc2ccccc12.Cl.Cl. The van der Waals surface area contributed by atoms with Crippen LogP contribution in [0.15, 0.2) is 84.9 Å². The van der Waals surface area contributed by atoms with Crippen LogP contribution in [-0.4, -0.2) is 16.9 Å². The second-order valence-corrected chi connectivity index (χ2v) is 7.60. The van der Waals surface area contributed by atoms with E-state index in [1.54, 1.807) is 0 Å². The van der Waals surface area contributed by atoms with Gasteiger partial charge in [0.05, 0.1) is 6.04 Å². The highest BCUT2D eigenvalue weighted by Gasteiger charge is 2.15. The predicted octanol–water partition coefficient (Wildman–Crippen LogP) is 5.32. The number of fused-ring (bicyclic) bond motifs is 1. The fraction of sp³-hybridized carbons (Fsp3) is 0.154. The van der Waals surface area contributed by atoms with Gasteiger partial charge in [-0.2, -0.15) is 0 Å². The van der Waals surface area contributed by atoms with Crippen molar-refractivity contribution in [2.24, 2.45) is 5.73 Å². The fourth-order valence-corrected chi connectivity index (χ4v) is 3.63. The van der Waals surface area contributed by atoms with E-state index in [-0.39, 0.29) is 30.7 Å². The maximum absolute atomic E-state index is 12.6. The molecule has 0 bridgehead atoms. The molecule has 3 aromatic carbocycles. The number of pyridine rings is 1. The molecule has 0 radical (unpaired) electrons. The third-order valence-corrected chi connectivity index (χ3v) is 5.35. The van der Waals surface area contributed by atoms with Gasteiger partial charge in [0.25, 0.3) is 0 Å². The van der Waals surface area contributed by atoms with Gasteiger partial charge in [-0.15, -0.1) is 24.8 Å². The number of halogens is 2. The molecule has 1 heterocycles. The molecule has 4 aromatic rings. The number of hydrogen-bond donors (Lipinski definition) is 3. The van der Waals surface area contributed by atoms with Crippen molar-refractivity contribution in [3.05, 3.63) is 102 Å². The molecular weight excluding hydrogens is 455 g/mol. The van der Waals surface area contributed by atoms with Crippen LogP contribution in [0.4, 0.5) is 11.5 Å². The molecule has 0 aliphatic heterocycles. The third kappa shape index (κ3) is 6.68. The molecule has 1 aromatic heterocycles. The monoisotopic (exact) mass is 482 g/mol. The maximum Gasteiger partial charge on any atom is 0.237 e. The summed E-state index contributed by atoms with van der Waals surface area (Å²) in [6.45, 7) is 2.33. The normalized spacial score (nSPS) is 11.1. The van der Waals surface area contributed by atoms with Crippen molar-refractivity contribution in [1.29, 1.82) is 0 Å². The Morgan fingerprint density at radius 1 is 0.879 bits per heavy atom. The molecule has 1 amide bonds. The van der Waals surface area contributed by atoms with Crippen LogP contribution in [0.5, 0.6) is 0 Å². The first-order valence-corrected chi connectivity index (χ1v) is 10.4. The van der Waals surface area contributed by atoms with Crippen LogP contribution in [0.25, 0.3) is 10.8 Å². The summed E-state index contributed by atoms with van der Waals surface area (Å²) >= 11 is 0. The summed E-state index contributed by atoms with van der Waals surface area (Å²) in [5.41, 5.74) is 10.1. The number of hydrogen-bond acceptors (Lipinski definition) is 4. The Bertz CT molecular complexity index is 1200. The molecule has 0 saturated carbocycles. The number of carbonyl (C=O) groups is 1. The van der Waals surface area contributed by atoms with Gasteiger partial charge in [0.15, 0.2) is 0 Å². The standard InChI is InChI=1S/C26H26N4O.2ClH/c1-18-21(14-15-25(29-18)30-22-11-3-2-4-12-22)17-28-26(31)24(27)16-20-10-7-9-19-8-5-6-13-23(19)20;;/h2-15,24H,16-17,27H2,1H3,(H,28,31)(H,29,30);2*1H/t24-;;/m0../s1. The van der Waals surface area contributed by atoms with E-state index in [1.165, 1.54) is 0 Å². The Morgan fingerprint density at radius 3 is 2.33 bits per heavy atom. The number of para-hydroxylation sites is 1.